The van der Waals surface area contributed by atoms with Crippen LogP contribution in [-0.4, -0.2) is 47.3 Å². The number of aldehydes is 1. The molecule has 0 aliphatic carbocycles. The van der Waals surface area contributed by atoms with Gasteiger partial charge < -0.3 is 9.64 Å². The Morgan fingerprint density at radius 3 is 2.75 bits per heavy atom. The minimum Gasteiger partial charge on any atom is -0.494 e. The Kier molecular flexibility index (Phi) is 5.94. The van der Waals surface area contributed by atoms with E-state index in [1.54, 1.807) is 4.90 Å². The van der Waals surface area contributed by atoms with Gasteiger partial charge in [-0.15, -0.1) is 0 Å². The molecular weight excluding hydrogens is 368 g/mol. The molecule has 3 rings (SSSR count). The summed E-state index contributed by atoms with van der Waals surface area (Å²) in [5, 5.41) is 0. The number of halogens is 2. The Morgan fingerprint density at radius 2 is 2.11 bits per heavy atom. The molecule has 0 unspecified atom stereocenters. The molecule has 0 spiro atoms. The maximum absolute atomic E-state index is 13.1. The highest BCUT2D eigenvalue weighted by Crippen LogP contribution is 2.34. The van der Waals surface area contributed by atoms with Gasteiger partial charge in [-0.25, -0.2) is 13.8 Å². The molecule has 8 heteroatoms. The van der Waals surface area contributed by atoms with Crippen molar-refractivity contribution in [2.24, 2.45) is 0 Å². The molecule has 1 fully saturated rings. The van der Waals surface area contributed by atoms with Gasteiger partial charge in [0.1, 0.15) is 17.1 Å². The van der Waals surface area contributed by atoms with E-state index in [1.807, 2.05) is 0 Å². The first-order valence-corrected chi connectivity index (χ1v) is 8.57. The molecule has 0 bridgehead atoms. The van der Waals surface area contributed by atoms with E-state index >= 15 is 0 Å². The number of carbonyl (C=O) groups excluding carboxylic acids is 2. The number of alkyl halides is 2. The lowest BCUT2D eigenvalue weighted by Crippen LogP contribution is -2.24. The van der Waals surface area contributed by atoms with Crippen molar-refractivity contribution in [1.82, 2.24) is 14.9 Å². The molecule has 1 amide bonds. The summed E-state index contributed by atoms with van der Waals surface area (Å²) in [5.74, 6) is 6.06. The number of hydrogen-bond donors (Lipinski definition) is 0. The second-order valence-electron chi connectivity index (χ2n) is 6.11. The van der Waals surface area contributed by atoms with Crippen LogP contribution in [0.1, 0.15) is 41.0 Å². The minimum absolute atomic E-state index is 0.0697. The number of ether oxygens (including phenoxy) is 1. The third kappa shape index (κ3) is 4.14. The van der Waals surface area contributed by atoms with Crippen LogP contribution in [0.2, 0.25) is 0 Å². The van der Waals surface area contributed by atoms with Gasteiger partial charge in [-0.2, -0.15) is 0 Å². The SMILES string of the molecule is COc1cnc(C(F)F)cc1-c1cc(C#CCN2CCCC2=O)ncc1C=O. The fraction of sp³-hybridized carbons (Fsp3) is 0.300. The lowest BCUT2D eigenvalue weighted by Gasteiger charge is -2.12. The van der Waals surface area contributed by atoms with Crippen LogP contribution in [-0.2, 0) is 4.79 Å². The number of hydrogen-bond acceptors (Lipinski definition) is 5. The minimum atomic E-state index is -2.76. The quantitative estimate of drug-likeness (QED) is 0.585. The maximum Gasteiger partial charge on any atom is 0.280 e. The number of amides is 1. The number of pyridine rings is 2. The number of nitrogens with zero attached hydrogens (tertiary/aromatic N) is 3. The van der Waals surface area contributed by atoms with E-state index in [4.69, 9.17) is 4.74 Å². The van der Waals surface area contributed by atoms with Crippen molar-refractivity contribution >= 4 is 12.2 Å². The summed E-state index contributed by atoms with van der Waals surface area (Å²) in [6.45, 7) is 0.972. The van der Waals surface area contributed by atoms with Crippen LogP contribution in [0.15, 0.2) is 24.5 Å². The lowest BCUT2D eigenvalue weighted by atomic mass is 10.0. The molecule has 1 aliphatic rings. The predicted octanol–water partition coefficient (Wildman–Crippen LogP) is 2.88. The van der Waals surface area contributed by atoms with Crippen molar-refractivity contribution in [3.63, 3.8) is 0 Å². The smallest absolute Gasteiger partial charge is 0.280 e. The number of methoxy groups -OCH3 is 1. The molecule has 6 nitrogen and oxygen atoms in total. The summed E-state index contributed by atoms with van der Waals surface area (Å²) in [7, 11) is 1.39. The first kappa shape index (κ1) is 19.4. The fourth-order valence-corrected chi connectivity index (χ4v) is 2.91. The molecule has 0 radical (unpaired) electrons. The van der Waals surface area contributed by atoms with E-state index in [2.05, 4.69) is 21.8 Å². The summed E-state index contributed by atoms with van der Waals surface area (Å²) in [4.78, 5) is 32.5. The zero-order valence-electron chi connectivity index (χ0n) is 15.1. The Balaban J connectivity index is 1.97. The average Bonchev–Trinajstić information content (AvgIpc) is 3.12. The molecule has 0 atom stereocenters. The van der Waals surface area contributed by atoms with Crippen molar-refractivity contribution in [1.29, 1.82) is 0 Å². The van der Waals surface area contributed by atoms with Crippen molar-refractivity contribution in [3.05, 3.63) is 41.5 Å². The molecule has 1 saturated heterocycles. The molecule has 0 saturated carbocycles. The summed E-state index contributed by atoms with van der Waals surface area (Å²) >= 11 is 0. The Bertz CT molecular complexity index is 967. The van der Waals surface area contributed by atoms with Gasteiger partial charge in [0.05, 0.1) is 19.9 Å². The summed E-state index contributed by atoms with van der Waals surface area (Å²) < 4.78 is 31.3. The summed E-state index contributed by atoms with van der Waals surface area (Å²) in [6, 6.07) is 2.72. The molecule has 2 aromatic rings. The second kappa shape index (κ2) is 8.57. The number of likely N-dealkylation sites (tertiary alicyclic amines) is 1. The standard InChI is InChI=1S/C20H17F2N3O3/c1-28-18-11-24-17(20(21)22)9-16(18)15-8-14(23-10-13(15)12-26)4-2-6-25-7-3-5-19(25)27/h8-12,20H,3,5-7H2,1H3. The van der Waals surface area contributed by atoms with Gasteiger partial charge in [0.2, 0.25) is 5.91 Å². The van der Waals surface area contributed by atoms with Crippen LogP contribution in [0.3, 0.4) is 0 Å². The molecule has 0 N–H and O–H groups in total. The largest absolute Gasteiger partial charge is 0.494 e. The monoisotopic (exact) mass is 385 g/mol. The van der Waals surface area contributed by atoms with Crippen LogP contribution in [0.25, 0.3) is 11.1 Å². The van der Waals surface area contributed by atoms with Gasteiger partial charge in [0, 0.05) is 35.9 Å². The maximum atomic E-state index is 13.1. The first-order valence-electron chi connectivity index (χ1n) is 8.57. The van der Waals surface area contributed by atoms with E-state index in [1.165, 1.54) is 31.6 Å². The van der Waals surface area contributed by atoms with Gasteiger partial charge in [0.15, 0.2) is 6.29 Å². The van der Waals surface area contributed by atoms with Gasteiger partial charge in [-0.3, -0.25) is 14.6 Å². The van der Waals surface area contributed by atoms with E-state index < -0.39 is 12.1 Å². The van der Waals surface area contributed by atoms with Crippen LogP contribution >= 0.6 is 0 Å². The lowest BCUT2D eigenvalue weighted by molar-refractivity contribution is -0.127. The molecule has 2 aromatic heterocycles. The van der Waals surface area contributed by atoms with Crippen LogP contribution in [0, 0.1) is 11.8 Å². The van der Waals surface area contributed by atoms with Crippen LogP contribution < -0.4 is 4.74 Å². The van der Waals surface area contributed by atoms with Crippen LogP contribution in [0.4, 0.5) is 8.78 Å². The van der Waals surface area contributed by atoms with Gasteiger partial charge >= 0.3 is 0 Å². The fourth-order valence-electron chi connectivity index (χ4n) is 2.91. The topological polar surface area (TPSA) is 72.4 Å². The predicted molar refractivity (Wildman–Crippen MR) is 97.1 cm³/mol. The highest BCUT2D eigenvalue weighted by atomic mass is 19.3. The zero-order chi connectivity index (χ0) is 20.1. The van der Waals surface area contributed by atoms with Crippen molar-refractivity contribution in [2.75, 3.05) is 20.2 Å². The number of rotatable bonds is 5. The third-order valence-electron chi connectivity index (χ3n) is 4.34. The summed E-state index contributed by atoms with van der Waals surface area (Å²) in [6.07, 6.45) is 1.71. The number of carbonyl (C=O) groups is 2. The third-order valence-corrected chi connectivity index (χ3v) is 4.34. The van der Waals surface area contributed by atoms with Crippen LogP contribution in [0.5, 0.6) is 5.75 Å². The summed E-state index contributed by atoms with van der Waals surface area (Å²) in [5.41, 5.74) is 0.808. The van der Waals surface area contributed by atoms with Crippen molar-refractivity contribution < 1.29 is 23.1 Å². The van der Waals surface area contributed by atoms with Gasteiger partial charge in [-0.1, -0.05) is 5.92 Å². The average molecular weight is 385 g/mol. The second-order valence-corrected chi connectivity index (χ2v) is 6.11. The Hall–Kier alpha value is -3.34. The Morgan fingerprint density at radius 1 is 1.29 bits per heavy atom. The van der Waals surface area contributed by atoms with E-state index in [-0.39, 0.29) is 17.2 Å². The van der Waals surface area contributed by atoms with Gasteiger partial charge in [0.25, 0.3) is 6.43 Å². The van der Waals surface area contributed by atoms with E-state index in [0.29, 0.717) is 42.6 Å². The molecule has 1 aliphatic heterocycles. The molecule has 144 valence electrons. The molecule has 3 heterocycles. The first-order chi connectivity index (χ1) is 13.5. The van der Waals surface area contributed by atoms with E-state index in [0.717, 1.165) is 6.42 Å². The highest BCUT2D eigenvalue weighted by molar-refractivity contribution is 5.89. The van der Waals surface area contributed by atoms with Gasteiger partial charge in [-0.05, 0) is 24.5 Å². The zero-order valence-corrected chi connectivity index (χ0v) is 15.1. The van der Waals surface area contributed by atoms with E-state index in [9.17, 15) is 18.4 Å². The highest BCUT2D eigenvalue weighted by Gasteiger charge is 2.19. The molecular formula is C20H17F2N3O3. The molecule has 28 heavy (non-hydrogen) atoms. The van der Waals surface area contributed by atoms with Crippen molar-refractivity contribution in [2.45, 2.75) is 19.3 Å². The van der Waals surface area contributed by atoms with Crippen molar-refractivity contribution in [3.8, 4) is 28.7 Å². The Labute approximate surface area is 160 Å². The molecule has 0 aromatic carbocycles. The number of aromatic nitrogens is 2. The normalized spacial score (nSPS) is 13.4.